The Kier molecular flexibility index (Phi) is 13.8. The van der Waals surface area contributed by atoms with Gasteiger partial charge in [0.05, 0.1) is 32.8 Å². The van der Waals surface area contributed by atoms with E-state index >= 15 is 0 Å². The van der Waals surface area contributed by atoms with Crippen LogP contribution in [0.1, 0.15) is 34.6 Å². The van der Waals surface area contributed by atoms with Crippen molar-refractivity contribution in [1.82, 2.24) is 21.3 Å². The van der Waals surface area contributed by atoms with Gasteiger partial charge in [-0.25, -0.2) is 9.59 Å². The van der Waals surface area contributed by atoms with Crippen molar-refractivity contribution in [3.05, 3.63) is 12.2 Å². The van der Waals surface area contributed by atoms with Crippen molar-refractivity contribution in [2.75, 3.05) is 32.8 Å². The molecule has 186 valence electrons. The summed E-state index contributed by atoms with van der Waals surface area (Å²) < 4.78 is 10.0. The van der Waals surface area contributed by atoms with Crippen LogP contribution in [0, 0.1) is 11.8 Å². The average molecular weight is 471 g/mol. The number of esters is 2. The normalized spacial score (nSPS) is 10.4. The molecule has 12 nitrogen and oxygen atoms in total. The van der Waals surface area contributed by atoms with Gasteiger partial charge in [0.1, 0.15) is 0 Å². The summed E-state index contributed by atoms with van der Waals surface area (Å²) in [4.78, 5) is 71.3. The van der Waals surface area contributed by atoms with Gasteiger partial charge in [0.2, 0.25) is 29.7 Å². The van der Waals surface area contributed by atoms with E-state index in [-0.39, 0.29) is 37.2 Å². The molecule has 12 heteroatoms. The molecule has 0 atom stereocenters. The molecule has 0 unspecified atom stereocenters. The molecular formula is C21H34N4O8. The summed E-state index contributed by atoms with van der Waals surface area (Å²) in [5, 5.41) is 8.97. The number of amides is 4. The molecule has 0 saturated heterocycles. The van der Waals surface area contributed by atoms with Gasteiger partial charge in [-0.15, -0.1) is 0 Å². The molecule has 0 aliphatic carbocycles. The Bertz CT molecular complexity index is 725. The number of carbonyl (C=O) groups excluding carboxylic acids is 6. The molecule has 0 heterocycles. The fourth-order valence-corrected chi connectivity index (χ4v) is 1.88. The minimum atomic E-state index is -1.68. The van der Waals surface area contributed by atoms with E-state index in [0.717, 1.165) is 0 Å². The molecule has 0 radical (unpaired) electrons. The molecule has 0 bridgehead atoms. The maximum Gasteiger partial charge on any atom is 0.340 e. The van der Waals surface area contributed by atoms with Gasteiger partial charge in [-0.2, -0.15) is 0 Å². The van der Waals surface area contributed by atoms with Crippen LogP contribution in [-0.4, -0.2) is 74.5 Å². The zero-order valence-electron chi connectivity index (χ0n) is 19.7. The van der Waals surface area contributed by atoms with Crippen LogP contribution in [0.3, 0.4) is 0 Å². The van der Waals surface area contributed by atoms with E-state index in [4.69, 9.17) is 9.47 Å². The fraction of sp³-hybridized carbons (Fsp3) is 0.619. The van der Waals surface area contributed by atoms with Crippen molar-refractivity contribution in [2.45, 2.75) is 40.7 Å². The fourth-order valence-electron chi connectivity index (χ4n) is 1.88. The molecule has 0 aliphatic heterocycles. The number of hydrogen-bond acceptors (Lipinski definition) is 8. The Morgan fingerprint density at radius 1 is 0.697 bits per heavy atom. The van der Waals surface area contributed by atoms with E-state index in [1.54, 1.807) is 27.7 Å². The van der Waals surface area contributed by atoms with E-state index < -0.39 is 54.7 Å². The Labute approximate surface area is 193 Å². The monoisotopic (exact) mass is 470 g/mol. The number of nitrogens with one attached hydrogen (secondary N) is 4. The molecule has 0 rings (SSSR count). The van der Waals surface area contributed by atoms with Crippen LogP contribution in [-0.2, 0) is 38.2 Å². The SMILES string of the molecule is C=C(C)C(=O)NCC(=O)NCC(=O)NCC(=O)NC(C(=O)OCC(C)C)C(=O)OCC(C)C. The third-order valence-corrected chi connectivity index (χ3v) is 3.58. The zero-order chi connectivity index (χ0) is 25.6. The summed E-state index contributed by atoms with van der Waals surface area (Å²) in [6.07, 6.45) is 0. The van der Waals surface area contributed by atoms with Gasteiger partial charge in [-0.1, -0.05) is 34.3 Å². The standard InChI is InChI=1S/C21H34N4O8/c1-12(2)10-32-20(30)18(21(31)33-11-13(3)4)25-17(28)9-23-15(26)7-22-16(27)8-24-19(29)14(5)6/h12-13,18H,5,7-11H2,1-4,6H3,(H,22,27)(H,23,26)(H,24,29)(H,25,28). The molecule has 4 amide bonds. The lowest BCUT2D eigenvalue weighted by Crippen LogP contribution is -2.52. The van der Waals surface area contributed by atoms with Crippen LogP contribution in [0.5, 0.6) is 0 Å². The van der Waals surface area contributed by atoms with Gasteiger partial charge in [0, 0.05) is 5.57 Å². The van der Waals surface area contributed by atoms with E-state index in [1.165, 1.54) is 6.92 Å². The molecule has 0 aromatic carbocycles. The first-order valence-corrected chi connectivity index (χ1v) is 10.4. The number of carbonyl (C=O) groups is 6. The molecule has 0 aromatic heterocycles. The first-order chi connectivity index (χ1) is 15.3. The molecule has 0 spiro atoms. The van der Waals surface area contributed by atoms with Gasteiger partial charge in [-0.05, 0) is 18.8 Å². The van der Waals surface area contributed by atoms with Crippen molar-refractivity contribution in [1.29, 1.82) is 0 Å². The molecule has 4 N–H and O–H groups in total. The Morgan fingerprint density at radius 2 is 1.09 bits per heavy atom. The summed E-state index contributed by atoms with van der Waals surface area (Å²) >= 11 is 0. The lowest BCUT2D eigenvalue weighted by atomic mass is 10.2. The van der Waals surface area contributed by atoms with Crippen molar-refractivity contribution in [3.8, 4) is 0 Å². The number of hydrogen-bond donors (Lipinski definition) is 4. The Morgan fingerprint density at radius 3 is 1.48 bits per heavy atom. The van der Waals surface area contributed by atoms with Gasteiger partial charge in [0.15, 0.2) is 0 Å². The maximum absolute atomic E-state index is 12.2. The third kappa shape index (κ3) is 14.3. The average Bonchev–Trinajstić information content (AvgIpc) is 2.74. The van der Waals surface area contributed by atoms with Gasteiger partial charge in [0.25, 0.3) is 0 Å². The highest BCUT2D eigenvalue weighted by molar-refractivity contribution is 6.03. The molecule has 0 fully saturated rings. The first-order valence-electron chi connectivity index (χ1n) is 10.4. The number of ether oxygens (including phenoxy) is 2. The summed E-state index contributed by atoms with van der Waals surface area (Å²) in [7, 11) is 0. The van der Waals surface area contributed by atoms with Crippen LogP contribution >= 0.6 is 0 Å². The predicted molar refractivity (Wildman–Crippen MR) is 117 cm³/mol. The van der Waals surface area contributed by atoms with Crippen molar-refractivity contribution >= 4 is 35.6 Å². The maximum atomic E-state index is 12.2. The van der Waals surface area contributed by atoms with Crippen LogP contribution in [0.15, 0.2) is 12.2 Å². The summed E-state index contributed by atoms with van der Waals surface area (Å²) in [6, 6.07) is -1.68. The highest BCUT2D eigenvalue weighted by Crippen LogP contribution is 2.01. The van der Waals surface area contributed by atoms with E-state index in [9.17, 15) is 28.8 Å². The van der Waals surface area contributed by atoms with Crippen molar-refractivity contribution < 1.29 is 38.2 Å². The summed E-state index contributed by atoms with van der Waals surface area (Å²) in [5.41, 5.74) is 0.228. The minimum Gasteiger partial charge on any atom is -0.463 e. The second kappa shape index (κ2) is 15.4. The second-order valence-electron chi connectivity index (χ2n) is 8.06. The largest absolute Gasteiger partial charge is 0.463 e. The minimum absolute atomic E-state index is 0.0144. The van der Waals surface area contributed by atoms with Gasteiger partial charge < -0.3 is 30.7 Å². The van der Waals surface area contributed by atoms with E-state index in [1.807, 2.05) is 0 Å². The zero-order valence-corrected chi connectivity index (χ0v) is 19.7. The van der Waals surface area contributed by atoms with E-state index in [0.29, 0.717) is 0 Å². The Hall–Kier alpha value is -3.44. The molecule has 0 saturated carbocycles. The Balaban J connectivity index is 4.62. The first kappa shape index (κ1) is 29.6. The highest BCUT2D eigenvalue weighted by atomic mass is 16.6. The molecule has 33 heavy (non-hydrogen) atoms. The van der Waals surface area contributed by atoms with Crippen molar-refractivity contribution in [3.63, 3.8) is 0 Å². The van der Waals surface area contributed by atoms with Gasteiger partial charge in [-0.3, -0.25) is 19.2 Å². The number of rotatable bonds is 14. The summed E-state index contributed by atoms with van der Waals surface area (Å²) in [6.45, 7) is 10.9. The topological polar surface area (TPSA) is 169 Å². The molecular weight excluding hydrogens is 436 g/mol. The van der Waals surface area contributed by atoms with Crippen LogP contribution in [0.25, 0.3) is 0 Å². The second-order valence-corrected chi connectivity index (χ2v) is 8.06. The molecule has 0 aromatic rings. The van der Waals surface area contributed by atoms with Crippen LogP contribution in [0.4, 0.5) is 0 Å². The quantitative estimate of drug-likeness (QED) is 0.139. The van der Waals surface area contributed by atoms with Crippen LogP contribution < -0.4 is 21.3 Å². The third-order valence-electron chi connectivity index (χ3n) is 3.58. The van der Waals surface area contributed by atoms with Crippen molar-refractivity contribution in [2.24, 2.45) is 11.8 Å². The van der Waals surface area contributed by atoms with E-state index in [2.05, 4.69) is 27.8 Å². The summed E-state index contributed by atoms with van der Waals surface area (Å²) in [5.74, 6) is -4.57. The smallest absolute Gasteiger partial charge is 0.340 e. The van der Waals surface area contributed by atoms with Gasteiger partial charge >= 0.3 is 11.9 Å². The van der Waals surface area contributed by atoms with Crippen LogP contribution in [0.2, 0.25) is 0 Å². The highest BCUT2D eigenvalue weighted by Gasteiger charge is 2.32. The lowest BCUT2D eigenvalue weighted by molar-refractivity contribution is -0.161. The lowest BCUT2D eigenvalue weighted by Gasteiger charge is -2.18. The molecule has 0 aliphatic rings. The predicted octanol–water partition coefficient (Wildman–Crippen LogP) is -1.21.